The molecule has 1 aliphatic heterocycles. The molecule has 124 valence electrons. The molecule has 2 amide bonds. The number of primary amides is 1. The molecule has 0 unspecified atom stereocenters. The summed E-state index contributed by atoms with van der Waals surface area (Å²) in [5.74, 6) is -0.740. The zero-order valence-electron chi connectivity index (χ0n) is 12.9. The molecule has 1 fully saturated rings. The van der Waals surface area contributed by atoms with Crippen LogP contribution in [0, 0.1) is 23.0 Å². The molecule has 0 spiro atoms. The minimum atomic E-state index is -0.513. The summed E-state index contributed by atoms with van der Waals surface area (Å²) in [6, 6.07) is 4.65. The number of aryl methyl sites for hydroxylation is 1. The molecule has 1 heterocycles. The molecule has 0 aliphatic carbocycles. The van der Waals surface area contributed by atoms with E-state index in [2.05, 4.69) is 5.32 Å². The van der Waals surface area contributed by atoms with Crippen molar-refractivity contribution in [2.75, 3.05) is 25.0 Å². The largest absolute Gasteiger partial charge is 0.369 e. The van der Waals surface area contributed by atoms with Crippen molar-refractivity contribution in [3.63, 3.8) is 0 Å². The molecule has 1 aliphatic rings. The number of piperidine rings is 1. The number of benzene rings is 1. The van der Waals surface area contributed by atoms with Crippen LogP contribution in [0.5, 0.6) is 0 Å². The summed E-state index contributed by atoms with van der Waals surface area (Å²) in [7, 11) is 0. The molecule has 1 aromatic rings. The van der Waals surface area contributed by atoms with Gasteiger partial charge in [0.05, 0.1) is 11.5 Å². The number of nitrogens with zero attached hydrogens (tertiary/aromatic N) is 2. The van der Waals surface area contributed by atoms with Crippen LogP contribution in [-0.2, 0) is 9.59 Å². The Morgan fingerprint density at radius 1 is 1.39 bits per heavy atom. The summed E-state index contributed by atoms with van der Waals surface area (Å²) in [6.45, 7) is 3.06. The molecule has 0 radical (unpaired) electrons. The summed E-state index contributed by atoms with van der Waals surface area (Å²) < 4.78 is 0. The lowest BCUT2D eigenvalue weighted by atomic mass is 9.96. The maximum atomic E-state index is 12.2. The second kappa shape index (κ2) is 7.19. The number of nitro benzene ring substituents is 1. The van der Waals surface area contributed by atoms with Crippen LogP contribution in [-0.4, -0.2) is 41.3 Å². The van der Waals surface area contributed by atoms with E-state index in [4.69, 9.17) is 5.73 Å². The Balaban J connectivity index is 1.96. The van der Waals surface area contributed by atoms with Crippen molar-refractivity contribution in [3.8, 4) is 0 Å². The van der Waals surface area contributed by atoms with Gasteiger partial charge < -0.3 is 11.1 Å². The summed E-state index contributed by atoms with van der Waals surface area (Å²) >= 11 is 0. The molecule has 0 aromatic heterocycles. The number of amides is 2. The highest BCUT2D eigenvalue weighted by Gasteiger charge is 2.25. The van der Waals surface area contributed by atoms with Crippen LogP contribution < -0.4 is 11.1 Å². The molecule has 8 heteroatoms. The molecule has 1 saturated heterocycles. The van der Waals surface area contributed by atoms with Crippen molar-refractivity contribution in [1.82, 2.24) is 4.90 Å². The van der Waals surface area contributed by atoms with Crippen molar-refractivity contribution in [1.29, 1.82) is 0 Å². The minimum Gasteiger partial charge on any atom is -0.369 e. The number of carbonyl (C=O) groups is 2. The standard InChI is InChI=1S/C15H20N4O4/c1-10-3-2-4-12(19(22)23)14(10)17-13(20)9-18-7-5-11(6-8-18)15(16)21/h2-4,11H,5-9H2,1H3,(H2,16,21)(H,17,20). The van der Waals surface area contributed by atoms with Gasteiger partial charge in [0.1, 0.15) is 5.69 Å². The number of anilines is 1. The smallest absolute Gasteiger partial charge is 0.293 e. The van der Waals surface area contributed by atoms with Crippen molar-refractivity contribution in [2.45, 2.75) is 19.8 Å². The Morgan fingerprint density at radius 3 is 2.61 bits per heavy atom. The third-order valence-electron chi connectivity index (χ3n) is 4.07. The van der Waals surface area contributed by atoms with Gasteiger partial charge in [0.15, 0.2) is 0 Å². The van der Waals surface area contributed by atoms with Gasteiger partial charge >= 0.3 is 0 Å². The number of hydrogen-bond donors (Lipinski definition) is 2. The van der Waals surface area contributed by atoms with E-state index in [1.54, 1.807) is 19.1 Å². The first kappa shape index (κ1) is 16.9. The fourth-order valence-electron chi connectivity index (χ4n) is 2.72. The van der Waals surface area contributed by atoms with Gasteiger partial charge in [-0.3, -0.25) is 24.6 Å². The van der Waals surface area contributed by atoms with Gasteiger partial charge in [-0.2, -0.15) is 0 Å². The van der Waals surface area contributed by atoms with Gasteiger partial charge in [-0.1, -0.05) is 12.1 Å². The first-order valence-electron chi connectivity index (χ1n) is 7.44. The SMILES string of the molecule is Cc1cccc([N+](=O)[O-])c1NC(=O)CN1CCC(C(N)=O)CC1. The van der Waals surface area contributed by atoms with E-state index in [1.165, 1.54) is 6.07 Å². The topological polar surface area (TPSA) is 119 Å². The van der Waals surface area contributed by atoms with Gasteiger partial charge in [-0.05, 0) is 38.4 Å². The second-order valence-corrected chi connectivity index (χ2v) is 5.73. The molecule has 0 atom stereocenters. The van der Waals surface area contributed by atoms with E-state index >= 15 is 0 Å². The van der Waals surface area contributed by atoms with Gasteiger partial charge in [0.2, 0.25) is 11.8 Å². The lowest BCUT2D eigenvalue weighted by Crippen LogP contribution is -2.42. The van der Waals surface area contributed by atoms with Gasteiger partial charge in [0.25, 0.3) is 5.69 Å². The van der Waals surface area contributed by atoms with E-state index < -0.39 is 4.92 Å². The van der Waals surface area contributed by atoms with Crippen LogP contribution >= 0.6 is 0 Å². The Kier molecular flexibility index (Phi) is 5.28. The maximum absolute atomic E-state index is 12.2. The van der Waals surface area contributed by atoms with Gasteiger partial charge in [0, 0.05) is 12.0 Å². The molecule has 2 rings (SSSR count). The highest BCUT2D eigenvalue weighted by molar-refractivity contribution is 5.95. The summed E-state index contributed by atoms with van der Waals surface area (Å²) in [5, 5.41) is 13.7. The van der Waals surface area contributed by atoms with Crippen molar-refractivity contribution >= 4 is 23.2 Å². The Labute approximate surface area is 133 Å². The fraction of sp³-hybridized carbons (Fsp3) is 0.467. The highest BCUT2D eigenvalue weighted by atomic mass is 16.6. The van der Waals surface area contributed by atoms with E-state index in [-0.39, 0.29) is 35.7 Å². The highest BCUT2D eigenvalue weighted by Crippen LogP contribution is 2.27. The zero-order valence-corrected chi connectivity index (χ0v) is 12.9. The van der Waals surface area contributed by atoms with Gasteiger partial charge in [-0.15, -0.1) is 0 Å². The van der Waals surface area contributed by atoms with Crippen LogP contribution in [0.15, 0.2) is 18.2 Å². The summed E-state index contributed by atoms with van der Waals surface area (Å²) in [4.78, 5) is 35.7. The van der Waals surface area contributed by atoms with E-state index in [0.29, 0.717) is 31.5 Å². The number of nitro groups is 1. The monoisotopic (exact) mass is 320 g/mol. The maximum Gasteiger partial charge on any atom is 0.293 e. The molecule has 8 nitrogen and oxygen atoms in total. The zero-order chi connectivity index (χ0) is 17.0. The Morgan fingerprint density at radius 2 is 2.04 bits per heavy atom. The Bertz CT molecular complexity index is 624. The predicted molar refractivity (Wildman–Crippen MR) is 84.8 cm³/mol. The summed E-state index contributed by atoms with van der Waals surface area (Å²) in [5.41, 5.74) is 6.03. The van der Waals surface area contributed by atoms with Crippen LogP contribution in [0.1, 0.15) is 18.4 Å². The van der Waals surface area contributed by atoms with E-state index in [1.807, 2.05) is 4.90 Å². The van der Waals surface area contributed by atoms with Crippen molar-refractivity contribution < 1.29 is 14.5 Å². The number of carbonyl (C=O) groups excluding carboxylic acids is 2. The first-order valence-corrected chi connectivity index (χ1v) is 7.44. The number of nitrogens with two attached hydrogens (primary N) is 1. The quantitative estimate of drug-likeness (QED) is 0.620. The van der Waals surface area contributed by atoms with Crippen LogP contribution in [0.25, 0.3) is 0 Å². The lowest BCUT2D eigenvalue weighted by molar-refractivity contribution is -0.384. The number of rotatable bonds is 5. The fourth-order valence-corrected chi connectivity index (χ4v) is 2.72. The number of likely N-dealkylation sites (tertiary alicyclic amines) is 1. The second-order valence-electron chi connectivity index (χ2n) is 5.73. The minimum absolute atomic E-state index is 0.120. The molecule has 0 bridgehead atoms. The molecule has 0 saturated carbocycles. The van der Waals surface area contributed by atoms with Crippen LogP contribution in [0.2, 0.25) is 0 Å². The lowest BCUT2D eigenvalue weighted by Gasteiger charge is -2.29. The molecule has 3 N–H and O–H groups in total. The van der Waals surface area contributed by atoms with Gasteiger partial charge in [-0.25, -0.2) is 0 Å². The average molecular weight is 320 g/mol. The third kappa shape index (κ3) is 4.26. The molecule has 23 heavy (non-hydrogen) atoms. The Hall–Kier alpha value is -2.48. The predicted octanol–water partition coefficient (Wildman–Crippen LogP) is 1.04. The van der Waals surface area contributed by atoms with E-state index in [0.717, 1.165) is 0 Å². The summed E-state index contributed by atoms with van der Waals surface area (Å²) in [6.07, 6.45) is 1.26. The first-order chi connectivity index (χ1) is 10.9. The number of para-hydroxylation sites is 1. The van der Waals surface area contributed by atoms with Crippen molar-refractivity contribution in [3.05, 3.63) is 33.9 Å². The third-order valence-corrected chi connectivity index (χ3v) is 4.07. The number of nitrogens with one attached hydrogen (secondary N) is 1. The average Bonchev–Trinajstić information content (AvgIpc) is 2.49. The molecular formula is C15H20N4O4. The molecule has 1 aromatic carbocycles. The number of hydrogen-bond acceptors (Lipinski definition) is 5. The van der Waals surface area contributed by atoms with Crippen molar-refractivity contribution in [2.24, 2.45) is 11.7 Å². The molecular weight excluding hydrogens is 300 g/mol. The van der Waals surface area contributed by atoms with E-state index in [9.17, 15) is 19.7 Å². The normalized spacial score (nSPS) is 16.0. The van der Waals surface area contributed by atoms with Crippen LogP contribution in [0.3, 0.4) is 0 Å². The van der Waals surface area contributed by atoms with Crippen LogP contribution in [0.4, 0.5) is 11.4 Å².